The van der Waals surface area contributed by atoms with Crippen LogP contribution in [0.4, 0.5) is 5.82 Å². The molecule has 1 aliphatic heterocycles. The van der Waals surface area contributed by atoms with E-state index in [1.807, 2.05) is 18.2 Å². The van der Waals surface area contributed by atoms with Crippen LogP contribution in [-0.2, 0) is 0 Å². The molecule has 0 aliphatic carbocycles. The second kappa shape index (κ2) is 8.15. The van der Waals surface area contributed by atoms with Crippen molar-refractivity contribution in [3.8, 4) is 0 Å². The number of pyridine rings is 2. The minimum Gasteiger partial charge on any atom is -0.353 e. The number of piperazine rings is 1. The number of carbonyl (C=O) groups is 1. The van der Waals surface area contributed by atoms with E-state index in [0.29, 0.717) is 11.3 Å². The number of ketones is 1. The zero-order chi connectivity index (χ0) is 19.3. The van der Waals surface area contributed by atoms with Crippen molar-refractivity contribution in [1.29, 1.82) is 0 Å². The van der Waals surface area contributed by atoms with E-state index in [1.54, 1.807) is 30.6 Å². The third-order valence-electron chi connectivity index (χ3n) is 4.97. The predicted octanol–water partition coefficient (Wildman–Crippen LogP) is 3.50. The Labute approximate surface area is 164 Å². The molecule has 1 aromatic carbocycles. The number of nitrogens with one attached hydrogen (secondary N) is 1. The van der Waals surface area contributed by atoms with Crippen molar-refractivity contribution in [1.82, 2.24) is 15.3 Å². The molecule has 1 fully saturated rings. The Morgan fingerprint density at radius 2 is 2.00 bits per heavy atom. The lowest BCUT2D eigenvalue weighted by molar-refractivity contribution is 0.103. The maximum Gasteiger partial charge on any atom is 0.213 e. The summed E-state index contributed by atoms with van der Waals surface area (Å²) in [4.78, 5) is 24.0. The van der Waals surface area contributed by atoms with Gasteiger partial charge in [0, 0.05) is 49.2 Å². The average molecular weight is 370 g/mol. The van der Waals surface area contributed by atoms with E-state index in [0.717, 1.165) is 31.0 Å². The number of hydrogen-bond acceptors (Lipinski definition) is 5. The molecule has 5 nitrogen and oxygen atoms in total. The fraction of sp³-hybridized carbons (Fsp3) is 0.174. The highest BCUT2D eigenvalue weighted by Gasteiger charge is 2.23. The minimum atomic E-state index is -0.139. The monoisotopic (exact) mass is 370 g/mol. The molecule has 2 aromatic heterocycles. The fourth-order valence-electron chi connectivity index (χ4n) is 3.48. The van der Waals surface area contributed by atoms with Crippen LogP contribution in [0.15, 0.2) is 73.6 Å². The van der Waals surface area contributed by atoms with Gasteiger partial charge in [-0.05, 0) is 29.8 Å². The molecule has 4 rings (SSSR count). The van der Waals surface area contributed by atoms with E-state index in [9.17, 15) is 4.79 Å². The molecule has 28 heavy (non-hydrogen) atoms. The molecule has 0 spiro atoms. The molecule has 1 atom stereocenters. The number of rotatable bonds is 5. The smallest absolute Gasteiger partial charge is 0.213 e. The molecule has 0 unspecified atom stereocenters. The van der Waals surface area contributed by atoms with Crippen molar-refractivity contribution in [3.63, 3.8) is 0 Å². The van der Waals surface area contributed by atoms with Crippen LogP contribution >= 0.6 is 0 Å². The number of carbonyl (C=O) groups excluding carboxylic acids is 1. The lowest BCUT2D eigenvalue weighted by Crippen LogP contribution is -2.46. The molecule has 0 saturated carbocycles. The Morgan fingerprint density at radius 3 is 2.75 bits per heavy atom. The van der Waals surface area contributed by atoms with Crippen LogP contribution in [0.5, 0.6) is 0 Å². The second-order valence-electron chi connectivity index (χ2n) is 6.75. The molecule has 140 valence electrons. The van der Waals surface area contributed by atoms with Crippen LogP contribution in [0, 0.1) is 0 Å². The lowest BCUT2D eigenvalue weighted by atomic mass is 10.0. The predicted molar refractivity (Wildman–Crippen MR) is 111 cm³/mol. The Hall–Kier alpha value is -3.31. The van der Waals surface area contributed by atoms with Gasteiger partial charge in [-0.2, -0.15) is 0 Å². The van der Waals surface area contributed by atoms with Crippen LogP contribution in [0.25, 0.3) is 6.08 Å². The van der Waals surface area contributed by atoms with Crippen molar-refractivity contribution in [2.45, 2.75) is 6.04 Å². The summed E-state index contributed by atoms with van der Waals surface area (Å²) in [5, 5.41) is 3.56. The summed E-state index contributed by atoms with van der Waals surface area (Å²) in [6, 6.07) is 18.0. The third kappa shape index (κ3) is 3.70. The quantitative estimate of drug-likeness (QED) is 0.697. The Balaban J connectivity index is 1.63. The van der Waals surface area contributed by atoms with Crippen LogP contribution in [0.2, 0.25) is 0 Å². The Kier molecular flexibility index (Phi) is 5.26. The fourth-order valence-corrected chi connectivity index (χ4v) is 3.48. The summed E-state index contributed by atoms with van der Waals surface area (Å²) in [6.45, 7) is 6.32. The third-order valence-corrected chi connectivity index (χ3v) is 4.97. The zero-order valence-corrected chi connectivity index (χ0v) is 15.6. The molecule has 1 N–H and O–H groups in total. The van der Waals surface area contributed by atoms with Gasteiger partial charge in [-0.15, -0.1) is 0 Å². The Bertz CT molecular complexity index is 972. The van der Waals surface area contributed by atoms with Gasteiger partial charge in [-0.25, -0.2) is 4.98 Å². The summed E-state index contributed by atoms with van der Waals surface area (Å²) in [5.41, 5.74) is 2.92. The van der Waals surface area contributed by atoms with E-state index in [1.165, 1.54) is 5.56 Å². The molecular weight excluding hydrogens is 348 g/mol. The molecule has 0 bridgehead atoms. The average Bonchev–Trinajstić information content (AvgIpc) is 2.79. The standard InChI is InChI=1S/C23H22N4O/c1-2-17-10-11-21(26-22(17)23(28)19-9-6-12-24-15-19)27-14-13-25-20(16-27)18-7-4-3-5-8-18/h2-12,15,20,25H,1,13-14,16H2/t20-/m0/s1. The molecule has 5 heteroatoms. The molecule has 1 aliphatic rings. The van der Waals surface area contributed by atoms with Crippen molar-refractivity contribution in [2.75, 3.05) is 24.5 Å². The van der Waals surface area contributed by atoms with Gasteiger partial charge in [0.05, 0.1) is 0 Å². The maximum absolute atomic E-state index is 13.0. The maximum atomic E-state index is 13.0. The highest BCUT2D eigenvalue weighted by molar-refractivity contribution is 6.09. The van der Waals surface area contributed by atoms with Crippen molar-refractivity contribution >= 4 is 17.7 Å². The molecule has 0 radical (unpaired) electrons. The summed E-state index contributed by atoms with van der Waals surface area (Å²) in [7, 11) is 0. The number of aromatic nitrogens is 2. The van der Waals surface area contributed by atoms with Gasteiger partial charge in [0.2, 0.25) is 5.78 Å². The van der Waals surface area contributed by atoms with E-state index >= 15 is 0 Å². The van der Waals surface area contributed by atoms with Crippen LogP contribution in [0.1, 0.15) is 33.2 Å². The SMILES string of the molecule is C=Cc1ccc(N2CCN[C@H](c3ccccc3)C2)nc1C(=O)c1cccnc1. The van der Waals surface area contributed by atoms with Gasteiger partial charge in [0.25, 0.3) is 0 Å². The van der Waals surface area contributed by atoms with E-state index < -0.39 is 0 Å². The van der Waals surface area contributed by atoms with Crippen LogP contribution in [-0.4, -0.2) is 35.4 Å². The largest absolute Gasteiger partial charge is 0.353 e. The first-order valence-corrected chi connectivity index (χ1v) is 9.38. The number of hydrogen-bond donors (Lipinski definition) is 1. The van der Waals surface area contributed by atoms with Crippen LogP contribution in [0.3, 0.4) is 0 Å². The first kappa shape index (κ1) is 18.1. The van der Waals surface area contributed by atoms with Crippen molar-refractivity contribution in [2.24, 2.45) is 0 Å². The lowest BCUT2D eigenvalue weighted by Gasteiger charge is -2.35. The van der Waals surface area contributed by atoms with Gasteiger partial charge in [-0.1, -0.05) is 43.0 Å². The highest BCUT2D eigenvalue weighted by atomic mass is 16.1. The molecule has 3 aromatic rings. The summed E-state index contributed by atoms with van der Waals surface area (Å²) in [5.74, 6) is 0.667. The van der Waals surface area contributed by atoms with E-state index in [4.69, 9.17) is 4.98 Å². The minimum absolute atomic E-state index is 0.139. The molecular formula is C23H22N4O. The number of nitrogens with zero attached hydrogens (tertiary/aromatic N) is 3. The van der Waals surface area contributed by atoms with Gasteiger partial charge in [0.1, 0.15) is 11.5 Å². The summed E-state index contributed by atoms with van der Waals surface area (Å²) < 4.78 is 0. The van der Waals surface area contributed by atoms with Gasteiger partial charge >= 0.3 is 0 Å². The number of anilines is 1. The zero-order valence-electron chi connectivity index (χ0n) is 15.6. The molecule has 3 heterocycles. The topological polar surface area (TPSA) is 58.1 Å². The number of benzene rings is 1. The molecule has 0 amide bonds. The van der Waals surface area contributed by atoms with E-state index in [2.05, 4.69) is 46.0 Å². The van der Waals surface area contributed by atoms with E-state index in [-0.39, 0.29) is 11.8 Å². The van der Waals surface area contributed by atoms with Gasteiger partial charge in [-0.3, -0.25) is 9.78 Å². The normalized spacial score (nSPS) is 16.6. The highest BCUT2D eigenvalue weighted by Crippen LogP contribution is 2.23. The van der Waals surface area contributed by atoms with Gasteiger partial charge < -0.3 is 10.2 Å². The first-order chi connectivity index (χ1) is 13.8. The second-order valence-corrected chi connectivity index (χ2v) is 6.75. The van der Waals surface area contributed by atoms with Gasteiger partial charge in [0.15, 0.2) is 0 Å². The van der Waals surface area contributed by atoms with Crippen molar-refractivity contribution in [3.05, 3.63) is 96.0 Å². The Morgan fingerprint density at radius 1 is 1.14 bits per heavy atom. The summed E-state index contributed by atoms with van der Waals surface area (Å²) in [6.07, 6.45) is 4.89. The molecule has 1 saturated heterocycles. The van der Waals surface area contributed by atoms with Crippen LogP contribution < -0.4 is 10.2 Å². The van der Waals surface area contributed by atoms with Crippen molar-refractivity contribution < 1.29 is 4.79 Å². The first-order valence-electron chi connectivity index (χ1n) is 9.38. The summed E-state index contributed by atoms with van der Waals surface area (Å²) >= 11 is 0.